The van der Waals surface area contributed by atoms with Gasteiger partial charge in [0.15, 0.2) is 11.6 Å². The average molecular weight is 337 g/mol. The number of benzene rings is 1. The van der Waals surface area contributed by atoms with Gasteiger partial charge in [0, 0.05) is 17.2 Å². The van der Waals surface area contributed by atoms with Crippen LogP contribution in [0.15, 0.2) is 30.5 Å². The molecule has 4 nitrogen and oxygen atoms in total. The zero-order valence-corrected chi connectivity index (χ0v) is 15.2. The molecule has 1 N–H and O–H groups in total. The molecular formula is C19H28FNO3. The average Bonchev–Trinajstić information content (AvgIpc) is 2.48. The molecule has 0 fully saturated rings. The summed E-state index contributed by atoms with van der Waals surface area (Å²) in [5.41, 5.74) is 0.110. The van der Waals surface area contributed by atoms with Crippen molar-refractivity contribution < 1.29 is 18.7 Å². The molecule has 0 spiro atoms. The summed E-state index contributed by atoms with van der Waals surface area (Å²) in [6, 6.07) is 4.13. The summed E-state index contributed by atoms with van der Waals surface area (Å²) in [5.74, 6) is 0.0202. The van der Waals surface area contributed by atoms with Crippen molar-refractivity contribution in [2.75, 3.05) is 5.32 Å². The number of unbranched alkanes of at least 4 members (excludes halogenated alkanes) is 1. The van der Waals surface area contributed by atoms with Crippen LogP contribution in [-0.4, -0.2) is 12.2 Å². The number of carbonyl (C=O) groups excluding carboxylic acids is 1. The van der Waals surface area contributed by atoms with E-state index in [1.54, 1.807) is 13.8 Å². The number of ether oxygens (including phenoxy) is 2. The topological polar surface area (TPSA) is 47.6 Å². The Morgan fingerprint density at radius 1 is 1.38 bits per heavy atom. The second-order valence-electron chi connectivity index (χ2n) is 6.74. The lowest BCUT2D eigenvalue weighted by Gasteiger charge is -2.26. The van der Waals surface area contributed by atoms with Crippen LogP contribution in [0.3, 0.4) is 0 Å². The Kier molecular flexibility index (Phi) is 7.26. The number of hydrogen-bond donors (Lipinski definition) is 1. The molecule has 0 saturated heterocycles. The summed E-state index contributed by atoms with van der Waals surface area (Å²) in [6.45, 7) is 13.6. The molecule has 0 bridgehead atoms. The first-order valence-electron chi connectivity index (χ1n) is 8.30. The molecule has 0 radical (unpaired) electrons. The maximum Gasteiger partial charge on any atom is 0.416 e. The lowest BCUT2D eigenvalue weighted by molar-refractivity contribution is 0.160. The zero-order chi connectivity index (χ0) is 18.3. The van der Waals surface area contributed by atoms with E-state index in [4.69, 9.17) is 9.47 Å². The largest absolute Gasteiger partial charge is 0.488 e. The van der Waals surface area contributed by atoms with Crippen molar-refractivity contribution in [3.05, 3.63) is 36.4 Å². The molecule has 0 unspecified atom stereocenters. The number of allylic oxidation sites excluding steroid dienone is 1. The van der Waals surface area contributed by atoms with E-state index in [9.17, 15) is 9.18 Å². The van der Waals surface area contributed by atoms with Crippen molar-refractivity contribution >= 4 is 11.8 Å². The third-order valence-corrected chi connectivity index (χ3v) is 3.67. The molecule has 24 heavy (non-hydrogen) atoms. The molecule has 0 aliphatic carbocycles. The Hall–Kier alpha value is -2.04. The van der Waals surface area contributed by atoms with Crippen LogP contribution in [0.2, 0.25) is 0 Å². The van der Waals surface area contributed by atoms with Gasteiger partial charge in [-0.25, -0.2) is 9.18 Å². The first kappa shape index (κ1) is 20.0. The van der Waals surface area contributed by atoms with E-state index in [0.717, 1.165) is 19.3 Å². The monoisotopic (exact) mass is 337 g/mol. The molecule has 0 aliphatic heterocycles. The minimum atomic E-state index is -0.647. The van der Waals surface area contributed by atoms with Crippen molar-refractivity contribution in [1.82, 2.24) is 0 Å². The van der Waals surface area contributed by atoms with Crippen molar-refractivity contribution in [3.63, 3.8) is 0 Å². The van der Waals surface area contributed by atoms with Gasteiger partial charge in [-0.1, -0.05) is 40.2 Å². The Balaban J connectivity index is 2.69. The Labute approximate surface area is 144 Å². The minimum Gasteiger partial charge on any atom is -0.488 e. The third kappa shape index (κ3) is 6.22. The highest BCUT2D eigenvalue weighted by molar-refractivity contribution is 5.85. The highest BCUT2D eigenvalue weighted by Gasteiger charge is 2.25. The summed E-state index contributed by atoms with van der Waals surface area (Å²) in [4.78, 5) is 12.0. The Morgan fingerprint density at radius 2 is 2.04 bits per heavy atom. The highest BCUT2D eigenvalue weighted by Crippen LogP contribution is 2.32. The van der Waals surface area contributed by atoms with Crippen LogP contribution in [0.25, 0.3) is 0 Å². The van der Waals surface area contributed by atoms with Crippen molar-refractivity contribution in [2.45, 2.75) is 60.0 Å². The van der Waals surface area contributed by atoms with E-state index in [0.29, 0.717) is 11.4 Å². The first-order valence-corrected chi connectivity index (χ1v) is 8.30. The van der Waals surface area contributed by atoms with Crippen LogP contribution in [-0.2, 0) is 4.74 Å². The van der Waals surface area contributed by atoms with Gasteiger partial charge in [-0.2, -0.15) is 0 Å². The summed E-state index contributed by atoms with van der Waals surface area (Å²) in [7, 11) is 0. The molecule has 1 aromatic rings. The summed E-state index contributed by atoms with van der Waals surface area (Å²) >= 11 is 0. The van der Waals surface area contributed by atoms with Gasteiger partial charge in [-0.15, -0.1) is 0 Å². The molecule has 1 rings (SSSR count). The normalized spacial score (nSPS) is 11.3. The quantitative estimate of drug-likeness (QED) is 0.601. The predicted molar refractivity (Wildman–Crippen MR) is 94.7 cm³/mol. The SMILES string of the molecule is C=C(OC(=O)Nc1ccc(F)c(OC(C)C)c1)C(C)(C)CCCC. The van der Waals surface area contributed by atoms with Crippen molar-refractivity contribution in [3.8, 4) is 5.75 Å². The van der Waals surface area contributed by atoms with Gasteiger partial charge >= 0.3 is 6.09 Å². The van der Waals surface area contributed by atoms with Crippen molar-refractivity contribution in [1.29, 1.82) is 0 Å². The molecule has 0 saturated carbocycles. The lowest BCUT2D eigenvalue weighted by atomic mass is 9.85. The Morgan fingerprint density at radius 3 is 2.62 bits per heavy atom. The fourth-order valence-electron chi connectivity index (χ4n) is 2.08. The highest BCUT2D eigenvalue weighted by atomic mass is 19.1. The molecular weight excluding hydrogens is 309 g/mol. The molecule has 1 aromatic carbocycles. The van der Waals surface area contributed by atoms with E-state index in [1.807, 2.05) is 13.8 Å². The second-order valence-corrected chi connectivity index (χ2v) is 6.74. The van der Waals surface area contributed by atoms with E-state index in [-0.39, 0.29) is 17.3 Å². The minimum absolute atomic E-state index is 0.0879. The number of anilines is 1. The summed E-state index contributed by atoms with van der Waals surface area (Å²) in [6.07, 6.45) is 2.17. The second kappa shape index (κ2) is 8.71. The predicted octanol–water partition coefficient (Wildman–Crippen LogP) is 5.89. The van der Waals surface area contributed by atoms with Gasteiger partial charge in [0.1, 0.15) is 5.76 Å². The fraction of sp³-hybridized carbons (Fsp3) is 0.526. The molecule has 1 amide bonds. The van der Waals surface area contributed by atoms with Gasteiger partial charge in [-0.05, 0) is 32.4 Å². The molecule has 134 valence electrons. The Bertz CT molecular complexity index is 582. The van der Waals surface area contributed by atoms with E-state index >= 15 is 0 Å². The maximum absolute atomic E-state index is 13.7. The van der Waals surface area contributed by atoms with E-state index < -0.39 is 11.9 Å². The number of halogens is 1. The van der Waals surface area contributed by atoms with Crippen molar-refractivity contribution in [2.24, 2.45) is 5.41 Å². The molecule has 0 aliphatic rings. The number of carbonyl (C=O) groups is 1. The number of rotatable bonds is 8. The van der Waals surface area contributed by atoms with Crippen LogP contribution in [0.4, 0.5) is 14.9 Å². The first-order chi connectivity index (χ1) is 11.2. The van der Waals surface area contributed by atoms with Crippen LogP contribution in [0, 0.1) is 11.2 Å². The van der Waals surface area contributed by atoms with Crippen LogP contribution in [0.1, 0.15) is 53.9 Å². The van der Waals surface area contributed by atoms with Gasteiger partial charge in [-0.3, -0.25) is 5.32 Å². The van der Waals surface area contributed by atoms with Crippen LogP contribution >= 0.6 is 0 Å². The third-order valence-electron chi connectivity index (χ3n) is 3.67. The molecule has 0 heterocycles. The molecule has 0 aromatic heterocycles. The number of hydrogen-bond acceptors (Lipinski definition) is 3. The van der Waals surface area contributed by atoms with Crippen LogP contribution in [0.5, 0.6) is 5.75 Å². The van der Waals surface area contributed by atoms with E-state index in [2.05, 4.69) is 18.8 Å². The fourth-order valence-corrected chi connectivity index (χ4v) is 2.08. The number of nitrogens with one attached hydrogen (secondary N) is 1. The molecule has 0 atom stereocenters. The van der Waals surface area contributed by atoms with Gasteiger partial charge < -0.3 is 9.47 Å². The van der Waals surface area contributed by atoms with Crippen LogP contribution < -0.4 is 10.1 Å². The van der Waals surface area contributed by atoms with Gasteiger partial charge in [0.25, 0.3) is 0 Å². The standard InChI is InChI=1S/C19H28FNO3/c1-7-8-11-19(5,6)14(4)24-18(22)21-15-9-10-16(20)17(12-15)23-13(2)3/h9-10,12-13H,4,7-8,11H2,1-3,5-6H3,(H,21,22). The number of amides is 1. The van der Waals surface area contributed by atoms with Gasteiger partial charge in [0.05, 0.1) is 6.10 Å². The zero-order valence-electron chi connectivity index (χ0n) is 15.2. The maximum atomic E-state index is 13.7. The summed E-state index contributed by atoms with van der Waals surface area (Å²) in [5, 5.41) is 2.57. The summed E-state index contributed by atoms with van der Waals surface area (Å²) < 4.78 is 24.3. The van der Waals surface area contributed by atoms with Gasteiger partial charge in [0.2, 0.25) is 0 Å². The lowest BCUT2D eigenvalue weighted by Crippen LogP contribution is -2.22. The molecule has 5 heteroatoms. The smallest absolute Gasteiger partial charge is 0.416 e. The van der Waals surface area contributed by atoms with E-state index in [1.165, 1.54) is 18.2 Å².